The van der Waals surface area contributed by atoms with Crippen LogP contribution in [-0.4, -0.2) is 41.7 Å². The quantitative estimate of drug-likeness (QED) is 0.741. The molecule has 1 fully saturated rings. The highest BCUT2D eigenvalue weighted by Crippen LogP contribution is 2.27. The van der Waals surface area contributed by atoms with E-state index >= 15 is 0 Å². The Morgan fingerprint density at radius 3 is 2.65 bits per heavy atom. The highest BCUT2D eigenvalue weighted by atomic mass is 19.1. The molecule has 4 nitrogen and oxygen atoms in total. The van der Waals surface area contributed by atoms with Crippen molar-refractivity contribution in [2.75, 3.05) is 19.8 Å². The average molecular weight is 281 g/mol. The fourth-order valence-electron chi connectivity index (χ4n) is 2.09. The van der Waals surface area contributed by atoms with Crippen LogP contribution in [0.1, 0.15) is 25.7 Å². The summed E-state index contributed by atoms with van der Waals surface area (Å²) in [7, 11) is 0. The van der Waals surface area contributed by atoms with E-state index in [1.165, 1.54) is 12.1 Å². The van der Waals surface area contributed by atoms with E-state index in [-0.39, 0.29) is 18.3 Å². The Morgan fingerprint density at radius 2 is 2.05 bits per heavy atom. The lowest BCUT2D eigenvalue weighted by Crippen LogP contribution is -2.35. The summed E-state index contributed by atoms with van der Waals surface area (Å²) in [6, 6.07) is 6.15. The molecule has 1 aromatic carbocycles. The van der Waals surface area contributed by atoms with Gasteiger partial charge in [0.1, 0.15) is 11.6 Å². The first-order valence-corrected chi connectivity index (χ1v) is 6.99. The van der Waals surface area contributed by atoms with Gasteiger partial charge in [0.15, 0.2) is 0 Å². The standard InChI is InChI=1S/C15H20FNO3/c16-12-3-7-14(8-4-12)20-11-1-2-15(19)17(9-10-18)13-5-6-13/h3-4,7-8,13,18H,1-2,5-6,9-11H2. The molecule has 20 heavy (non-hydrogen) atoms. The van der Waals surface area contributed by atoms with Crippen molar-refractivity contribution < 1.29 is 19.0 Å². The third-order valence-electron chi connectivity index (χ3n) is 3.27. The Bertz CT molecular complexity index is 431. The van der Waals surface area contributed by atoms with Crippen molar-refractivity contribution in [1.29, 1.82) is 0 Å². The van der Waals surface area contributed by atoms with E-state index < -0.39 is 0 Å². The van der Waals surface area contributed by atoms with E-state index in [1.54, 1.807) is 17.0 Å². The zero-order valence-electron chi connectivity index (χ0n) is 11.4. The maximum Gasteiger partial charge on any atom is 0.223 e. The zero-order valence-corrected chi connectivity index (χ0v) is 11.4. The van der Waals surface area contributed by atoms with Crippen LogP contribution in [0.25, 0.3) is 0 Å². The van der Waals surface area contributed by atoms with Gasteiger partial charge in [-0.25, -0.2) is 4.39 Å². The predicted molar refractivity (Wildman–Crippen MR) is 72.9 cm³/mol. The number of ether oxygens (including phenoxy) is 1. The molecular formula is C15H20FNO3. The minimum Gasteiger partial charge on any atom is -0.494 e. The number of aliphatic hydroxyl groups is 1. The summed E-state index contributed by atoms with van der Waals surface area (Å²) in [6.45, 7) is 0.853. The number of carbonyl (C=O) groups excluding carboxylic acids is 1. The van der Waals surface area contributed by atoms with E-state index in [1.807, 2.05) is 0 Å². The summed E-state index contributed by atoms with van der Waals surface area (Å²) >= 11 is 0. The second-order valence-corrected chi connectivity index (χ2v) is 4.95. The van der Waals surface area contributed by atoms with Gasteiger partial charge in [-0.1, -0.05) is 0 Å². The van der Waals surface area contributed by atoms with Gasteiger partial charge in [-0.15, -0.1) is 0 Å². The van der Waals surface area contributed by atoms with Crippen LogP contribution in [0.3, 0.4) is 0 Å². The van der Waals surface area contributed by atoms with Crippen LogP contribution in [-0.2, 0) is 4.79 Å². The van der Waals surface area contributed by atoms with Crippen LogP contribution in [0.15, 0.2) is 24.3 Å². The van der Waals surface area contributed by atoms with Gasteiger partial charge >= 0.3 is 0 Å². The van der Waals surface area contributed by atoms with Crippen LogP contribution in [0.5, 0.6) is 5.75 Å². The lowest BCUT2D eigenvalue weighted by atomic mass is 10.2. The van der Waals surface area contributed by atoms with Crippen LogP contribution in [0.2, 0.25) is 0 Å². The second-order valence-electron chi connectivity index (χ2n) is 4.95. The third-order valence-corrected chi connectivity index (χ3v) is 3.27. The van der Waals surface area contributed by atoms with E-state index in [4.69, 9.17) is 9.84 Å². The zero-order chi connectivity index (χ0) is 14.4. The van der Waals surface area contributed by atoms with Crippen LogP contribution < -0.4 is 4.74 Å². The molecule has 5 heteroatoms. The molecule has 1 saturated carbocycles. The average Bonchev–Trinajstić information content (AvgIpc) is 3.27. The molecule has 1 aliphatic rings. The van der Waals surface area contributed by atoms with Crippen molar-refractivity contribution in [3.05, 3.63) is 30.1 Å². The summed E-state index contributed by atoms with van der Waals surface area (Å²) in [5.74, 6) is 0.383. The van der Waals surface area contributed by atoms with Gasteiger partial charge in [-0.3, -0.25) is 4.79 Å². The number of rotatable bonds is 8. The van der Waals surface area contributed by atoms with Crippen LogP contribution in [0, 0.1) is 5.82 Å². The first-order valence-electron chi connectivity index (χ1n) is 6.99. The molecule has 0 spiro atoms. The van der Waals surface area contributed by atoms with Crippen molar-refractivity contribution >= 4 is 5.91 Å². The topological polar surface area (TPSA) is 49.8 Å². The van der Waals surface area contributed by atoms with Crippen molar-refractivity contribution in [3.8, 4) is 5.75 Å². The molecule has 0 bridgehead atoms. The van der Waals surface area contributed by atoms with Crippen molar-refractivity contribution in [1.82, 2.24) is 4.90 Å². The Labute approximate surface area is 118 Å². The summed E-state index contributed by atoms with van der Waals surface area (Å²) in [5.41, 5.74) is 0. The summed E-state index contributed by atoms with van der Waals surface area (Å²) < 4.78 is 18.1. The molecule has 1 aromatic rings. The van der Waals surface area contributed by atoms with Gasteiger partial charge in [0, 0.05) is 19.0 Å². The minimum absolute atomic E-state index is 0.00825. The third kappa shape index (κ3) is 4.49. The van der Waals surface area contributed by atoms with Gasteiger partial charge in [0.25, 0.3) is 0 Å². The Kier molecular flexibility index (Phi) is 5.35. The van der Waals surface area contributed by atoms with Gasteiger partial charge in [0.05, 0.1) is 13.2 Å². The van der Waals surface area contributed by atoms with E-state index in [2.05, 4.69) is 0 Å². The number of carbonyl (C=O) groups is 1. The molecule has 0 unspecified atom stereocenters. The smallest absolute Gasteiger partial charge is 0.223 e. The number of nitrogens with zero attached hydrogens (tertiary/aromatic N) is 1. The molecule has 0 radical (unpaired) electrons. The first-order chi connectivity index (χ1) is 9.70. The molecule has 0 aromatic heterocycles. The Balaban J connectivity index is 1.67. The molecule has 1 amide bonds. The largest absolute Gasteiger partial charge is 0.494 e. The molecule has 0 atom stereocenters. The monoisotopic (exact) mass is 281 g/mol. The van der Waals surface area contributed by atoms with Gasteiger partial charge in [-0.05, 0) is 43.5 Å². The molecule has 0 saturated heterocycles. The second kappa shape index (κ2) is 7.24. The summed E-state index contributed by atoms with van der Waals surface area (Å²) in [4.78, 5) is 13.7. The predicted octanol–water partition coefficient (Wildman–Crippen LogP) is 1.97. The lowest BCUT2D eigenvalue weighted by molar-refractivity contribution is -0.132. The number of hydrogen-bond donors (Lipinski definition) is 1. The van der Waals surface area contributed by atoms with Crippen molar-refractivity contribution in [2.45, 2.75) is 31.7 Å². The van der Waals surface area contributed by atoms with E-state index in [9.17, 15) is 9.18 Å². The van der Waals surface area contributed by atoms with Crippen LogP contribution in [0.4, 0.5) is 4.39 Å². The highest BCUT2D eigenvalue weighted by Gasteiger charge is 2.31. The number of halogens is 1. The Hall–Kier alpha value is -1.62. The fraction of sp³-hybridized carbons (Fsp3) is 0.533. The normalized spacial score (nSPS) is 14.1. The summed E-state index contributed by atoms with van der Waals surface area (Å²) in [5, 5.41) is 8.96. The van der Waals surface area contributed by atoms with E-state index in [0.717, 1.165) is 12.8 Å². The molecule has 0 heterocycles. The number of aliphatic hydroxyl groups excluding tert-OH is 1. The maximum absolute atomic E-state index is 12.7. The maximum atomic E-state index is 12.7. The molecule has 0 aliphatic heterocycles. The first kappa shape index (κ1) is 14.8. The Morgan fingerprint density at radius 1 is 1.35 bits per heavy atom. The van der Waals surface area contributed by atoms with Gasteiger partial charge in [0.2, 0.25) is 5.91 Å². The number of hydrogen-bond acceptors (Lipinski definition) is 3. The lowest BCUT2D eigenvalue weighted by Gasteiger charge is -2.21. The van der Waals surface area contributed by atoms with Gasteiger partial charge < -0.3 is 14.7 Å². The molecular weight excluding hydrogens is 261 g/mol. The number of amides is 1. The minimum atomic E-state index is -0.295. The van der Waals surface area contributed by atoms with Crippen molar-refractivity contribution in [3.63, 3.8) is 0 Å². The molecule has 110 valence electrons. The highest BCUT2D eigenvalue weighted by molar-refractivity contribution is 5.76. The van der Waals surface area contributed by atoms with Crippen molar-refractivity contribution in [2.24, 2.45) is 0 Å². The van der Waals surface area contributed by atoms with Crippen LogP contribution >= 0.6 is 0 Å². The SMILES string of the molecule is O=C(CCCOc1ccc(F)cc1)N(CCO)C1CC1. The number of benzene rings is 1. The summed E-state index contributed by atoms with van der Waals surface area (Å²) in [6.07, 6.45) is 3.11. The van der Waals surface area contributed by atoms with Gasteiger partial charge in [-0.2, -0.15) is 0 Å². The molecule has 2 rings (SSSR count). The molecule has 1 N–H and O–H groups in total. The fourth-order valence-corrected chi connectivity index (χ4v) is 2.09. The van der Waals surface area contributed by atoms with E-state index in [0.29, 0.717) is 37.8 Å². The molecule has 1 aliphatic carbocycles.